The van der Waals surface area contributed by atoms with Gasteiger partial charge in [-0.3, -0.25) is 4.79 Å². The van der Waals surface area contributed by atoms with E-state index >= 15 is 0 Å². The Hall–Kier alpha value is -2.66. The van der Waals surface area contributed by atoms with Gasteiger partial charge in [-0.1, -0.05) is 11.6 Å². The van der Waals surface area contributed by atoms with E-state index < -0.39 is 0 Å². The van der Waals surface area contributed by atoms with Crippen molar-refractivity contribution in [1.82, 2.24) is 5.32 Å². The minimum atomic E-state index is -0.289. The van der Waals surface area contributed by atoms with Crippen LogP contribution in [0.3, 0.4) is 0 Å². The monoisotopic (exact) mass is 359 g/mol. The third-order valence-electron chi connectivity index (χ3n) is 3.49. The lowest BCUT2D eigenvalue weighted by Crippen LogP contribution is -2.27. The van der Waals surface area contributed by atoms with Crippen molar-refractivity contribution in [3.63, 3.8) is 0 Å². The molecule has 6 heteroatoms. The molecule has 3 rings (SSSR count). The lowest BCUT2D eigenvalue weighted by molar-refractivity contribution is 0.0921. The fourth-order valence-corrected chi connectivity index (χ4v) is 2.53. The number of hydrogen-bond donors (Lipinski definition) is 1. The van der Waals surface area contributed by atoms with Gasteiger partial charge in [0.1, 0.15) is 23.7 Å². The largest absolute Gasteiger partial charge is 0.494 e. The molecule has 1 N–H and O–H groups in total. The molecule has 0 unspecified atom stereocenters. The van der Waals surface area contributed by atoms with Gasteiger partial charge in [0.05, 0.1) is 13.2 Å². The number of halogens is 1. The second-order valence-electron chi connectivity index (χ2n) is 5.30. The summed E-state index contributed by atoms with van der Waals surface area (Å²) in [6.07, 6.45) is 0. The summed E-state index contributed by atoms with van der Waals surface area (Å²) in [4.78, 5) is 12.1. The number of hydrogen-bond acceptors (Lipinski definition) is 4. The lowest BCUT2D eigenvalue weighted by atomic mass is 10.2. The Labute approximate surface area is 150 Å². The highest BCUT2D eigenvalue weighted by atomic mass is 35.5. The van der Waals surface area contributed by atoms with Crippen molar-refractivity contribution in [2.75, 3.05) is 19.8 Å². The molecular formula is C19H18ClNO4. The van der Waals surface area contributed by atoms with Crippen LogP contribution in [0.2, 0.25) is 5.02 Å². The Morgan fingerprint density at radius 3 is 2.52 bits per heavy atom. The number of ether oxygens (including phenoxy) is 2. The average molecular weight is 360 g/mol. The van der Waals surface area contributed by atoms with E-state index in [2.05, 4.69) is 5.32 Å². The Kier molecular flexibility index (Phi) is 5.46. The molecule has 3 aromatic rings. The van der Waals surface area contributed by atoms with Gasteiger partial charge in [0.15, 0.2) is 5.76 Å². The van der Waals surface area contributed by atoms with Crippen LogP contribution in [0.25, 0.3) is 11.0 Å². The highest BCUT2D eigenvalue weighted by Gasteiger charge is 2.12. The van der Waals surface area contributed by atoms with E-state index in [0.717, 1.165) is 16.9 Å². The number of carbonyl (C=O) groups is 1. The molecule has 0 fully saturated rings. The van der Waals surface area contributed by atoms with Gasteiger partial charge in [-0.15, -0.1) is 0 Å². The maximum Gasteiger partial charge on any atom is 0.287 e. The van der Waals surface area contributed by atoms with Crippen molar-refractivity contribution in [3.05, 3.63) is 59.3 Å². The normalized spacial score (nSPS) is 10.6. The highest BCUT2D eigenvalue weighted by molar-refractivity contribution is 6.31. The summed E-state index contributed by atoms with van der Waals surface area (Å²) in [6, 6.07) is 14.2. The summed E-state index contributed by atoms with van der Waals surface area (Å²) < 4.78 is 16.5. The molecule has 1 heterocycles. The van der Waals surface area contributed by atoms with Crippen LogP contribution >= 0.6 is 11.6 Å². The van der Waals surface area contributed by atoms with Crippen LogP contribution in [0.1, 0.15) is 17.5 Å². The molecule has 25 heavy (non-hydrogen) atoms. The second kappa shape index (κ2) is 7.94. The molecule has 5 nitrogen and oxygen atoms in total. The minimum absolute atomic E-state index is 0.248. The van der Waals surface area contributed by atoms with E-state index in [1.54, 1.807) is 24.3 Å². The molecule has 2 aromatic carbocycles. The summed E-state index contributed by atoms with van der Waals surface area (Å²) >= 11 is 5.93. The van der Waals surface area contributed by atoms with Gasteiger partial charge in [0.2, 0.25) is 0 Å². The lowest BCUT2D eigenvalue weighted by Gasteiger charge is -2.08. The topological polar surface area (TPSA) is 60.7 Å². The third-order valence-corrected chi connectivity index (χ3v) is 3.73. The molecule has 0 saturated heterocycles. The van der Waals surface area contributed by atoms with Crippen LogP contribution < -0.4 is 14.8 Å². The van der Waals surface area contributed by atoms with Crippen LogP contribution in [0.4, 0.5) is 0 Å². The van der Waals surface area contributed by atoms with Gasteiger partial charge < -0.3 is 19.2 Å². The molecule has 1 amide bonds. The molecule has 0 spiro atoms. The highest BCUT2D eigenvalue weighted by Crippen LogP contribution is 2.23. The summed E-state index contributed by atoms with van der Waals surface area (Å²) in [5.41, 5.74) is 0.625. The first-order valence-electron chi connectivity index (χ1n) is 7.98. The van der Waals surface area contributed by atoms with Crippen LogP contribution in [-0.4, -0.2) is 25.7 Å². The molecule has 0 aliphatic heterocycles. The summed E-state index contributed by atoms with van der Waals surface area (Å²) in [6.45, 7) is 3.28. The minimum Gasteiger partial charge on any atom is -0.494 e. The zero-order valence-corrected chi connectivity index (χ0v) is 14.5. The van der Waals surface area contributed by atoms with Crippen LogP contribution in [0, 0.1) is 0 Å². The Morgan fingerprint density at radius 1 is 1.08 bits per heavy atom. The van der Waals surface area contributed by atoms with E-state index in [0.29, 0.717) is 30.4 Å². The Balaban J connectivity index is 1.48. The maximum absolute atomic E-state index is 12.1. The number of rotatable bonds is 7. The van der Waals surface area contributed by atoms with Crippen LogP contribution in [0.15, 0.2) is 52.9 Å². The molecule has 0 bridgehead atoms. The number of carbonyl (C=O) groups excluding carboxylic acids is 1. The van der Waals surface area contributed by atoms with Gasteiger partial charge in [0.25, 0.3) is 5.91 Å². The van der Waals surface area contributed by atoms with Crippen molar-refractivity contribution in [2.45, 2.75) is 6.92 Å². The fraction of sp³-hybridized carbons (Fsp3) is 0.211. The molecule has 0 aliphatic rings. The molecule has 130 valence electrons. The van der Waals surface area contributed by atoms with E-state index in [9.17, 15) is 4.79 Å². The van der Waals surface area contributed by atoms with Crippen molar-refractivity contribution in [3.8, 4) is 11.5 Å². The quantitative estimate of drug-likeness (QED) is 0.639. The predicted molar refractivity (Wildman–Crippen MR) is 96.7 cm³/mol. The zero-order valence-electron chi connectivity index (χ0n) is 13.8. The SMILES string of the molecule is CCOc1ccc(OCCNC(=O)c2cc3cc(Cl)ccc3o2)cc1. The van der Waals surface area contributed by atoms with E-state index in [4.69, 9.17) is 25.5 Å². The van der Waals surface area contributed by atoms with Gasteiger partial charge in [0, 0.05) is 10.4 Å². The fourth-order valence-electron chi connectivity index (χ4n) is 2.35. The summed E-state index contributed by atoms with van der Waals surface area (Å²) in [5, 5.41) is 4.16. The van der Waals surface area contributed by atoms with E-state index in [1.165, 1.54) is 0 Å². The molecule has 0 atom stereocenters. The number of amides is 1. The first-order chi connectivity index (χ1) is 12.2. The molecule has 0 aliphatic carbocycles. The molecular weight excluding hydrogens is 342 g/mol. The standard InChI is InChI=1S/C19H18ClNO4/c1-2-23-15-4-6-16(7-5-15)24-10-9-21-19(22)18-12-13-11-14(20)3-8-17(13)25-18/h3-8,11-12H,2,9-10H2,1H3,(H,21,22). The summed E-state index contributed by atoms with van der Waals surface area (Å²) in [5.74, 6) is 1.48. The van der Waals surface area contributed by atoms with Crippen molar-refractivity contribution < 1.29 is 18.7 Å². The smallest absolute Gasteiger partial charge is 0.287 e. The molecule has 0 saturated carbocycles. The Morgan fingerprint density at radius 2 is 1.80 bits per heavy atom. The second-order valence-corrected chi connectivity index (χ2v) is 5.74. The van der Waals surface area contributed by atoms with E-state index in [-0.39, 0.29) is 11.7 Å². The van der Waals surface area contributed by atoms with Gasteiger partial charge in [-0.2, -0.15) is 0 Å². The van der Waals surface area contributed by atoms with Crippen molar-refractivity contribution >= 4 is 28.5 Å². The summed E-state index contributed by atoms with van der Waals surface area (Å²) in [7, 11) is 0. The zero-order chi connectivity index (χ0) is 17.6. The van der Waals surface area contributed by atoms with E-state index in [1.807, 2.05) is 31.2 Å². The van der Waals surface area contributed by atoms with Crippen LogP contribution in [0.5, 0.6) is 11.5 Å². The van der Waals surface area contributed by atoms with Crippen molar-refractivity contribution in [2.24, 2.45) is 0 Å². The predicted octanol–water partition coefficient (Wildman–Crippen LogP) is 4.29. The number of fused-ring (bicyclic) bond motifs is 1. The van der Waals surface area contributed by atoms with Crippen LogP contribution in [-0.2, 0) is 0 Å². The Bertz CT molecular complexity index is 857. The third kappa shape index (κ3) is 4.45. The van der Waals surface area contributed by atoms with Crippen molar-refractivity contribution in [1.29, 1.82) is 0 Å². The first-order valence-corrected chi connectivity index (χ1v) is 8.36. The maximum atomic E-state index is 12.1. The number of nitrogens with one attached hydrogen (secondary N) is 1. The van der Waals surface area contributed by atoms with Gasteiger partial charge in [-0.25, -0.2) is 0 Å². The van der Waals surface area contributed by atoms with Gasteiger partial charge in [-0.05, 0) is 55.5 Å². The molecule has 0 radical (unpaired) electrons. The number of furan rings is 1. The van der Waals surface area contributed by atoms with Gasteiger partial charge >= 0.3 is 0 Å². The average Bonchev–Trinajstić information content (AvgIpc) is 3.03. The first kappa shape index (κ1) is 17.2. The molecule has 1 aromatic heterocycles. The number of benzene rings is 2.